The number of rotatable bonds is 5. The van der Waals surface area contributed by atoms with E-state index in [0.717, 1.165) is 24.1 Å². The number of carbonyl (C=O) groups is 2. The van der Waals surface area contributed by atoms with Gasteiger partial charge in [0.05, 0.1) is 5.69 Å². The Morgan fingerprint density at radius 3 is 2.62 bits per heavy atom. The lowest BCUT2D eigenvalue weighted by atomic mass is 9.93. The second kappa shape index (κ2) is 6.60. The van der Waals surface area contributed by atoms with E-state index in [4.69, 9.17) is 0 Å². The number of nitrogens with zero attached hydrogens (tertiary/aromatic N) is 3. The Balaban J connectivity index is 1.29. The fraction of sp³-hybridized carbons (Fsp3) is 0.500. The number of amides is 2. The van der Waals surface area contributed by atoms with E-state index in [1.807, 2.05) is 24.3 Å². The lowest BCUT2D eigenvalue weighted by Gasteiger charge is -2.23. The number of alkyl halides is 2. The highest BCUT2D eigenvalue weighted by Crippen LogP contribution is 2.48. The van der Waals surface area contributed by atoms with E-state index < -0.39 is 17.7 Å². The van der Waals surface area contributed by atoms with E-state index in [-0.39, 0.29) is 24.3 Å². The van der Waals surface area contributed by atoms with Crippen LogP contribution < -0.4 is 10.6 Å². The maximum atomic E-state index is 13.0. The number of nitrogens with one attached hydrogen (secondary N) is 2. The Kier molecular flexibility index (Phi) is 4.15. The number of halogens is 2. The van der Waals surface area contributed by atoms with Crippen molar-refractivity contribution in [1.29, 1.82) is 0 Å². The molecule has 0 aromatic carbocycles. The number of anilines is 1. The van der Waals surface area contributed by atoms with Crippen molar-refractivity contribution in [2.24, 2.45) is 11.8 Å². The average molecular weight is 401 g/mol. The van der Waals surface area contributed by atoms with Crippen LogP contribution in [0.3, 0.4) is 0 Å². The summed E-state index contributed by atoms with van der Waals surface area (Å²) in [7, 11) is 0. The monoisotopic (exact) mass is 401 g/mol. The van der Waals surface area contributed by atoms with Gasteiger partial charge < -0.3 is 5.32 Å². The number of hydrogen-bond acceptors (Lipinski definition) is 4. The molecular formula is C20H21F2N5O2. The van der Waals surface area contributed by atoms with Crippen molar-refractivity contribution >= 4 is 29.0 Å². The van der Waals surface area contributed by atoms with Gasteiger partial charge in [-0.15, -0.1) is 5.10 Å². The summed E-state index contributed by atoms with van der Waals surface area (Å²) in [5.41, 5.74) is 2.57. The van der Waals surface area contributed by atoms with Gasteiger partial charge in [-0.05, 0) is 49.8 Å². The molecule has 2 saturated carbocycles. The number of hydrogen-bond donors (Lipinski definition) is 2. The predicted octanol–water partition coefficient (Wildman–Crippen LogP) is 2.79. The molecular weight excluding hydrogens is 380 g/mol. The highest BCUT2D eigenvalue weighted by atomic mass is 19.3. The first-order valence-corrected chi connectivity index (χ1v) is 9.95. The normalized spacial score (nSPS) is 25.4. The highest BCUT2D eigenvalue weighted by Gasteiger charge is 2.61. The topological polar surface area (TPSA) is 88.4 Å². The number of aromatic nitrogens is 3. The van der Waals surface area contributed by atoms with Gasteiger partial charge in [0.15, 0.2) is 5.65 Å². The number of carbonyl (C=O) groups excluding carboxylic acids is 2. The zero-order valence-electron chi connectivity index (χ0n) is 15.7. The van der Waals surface area contributed by atoms with Crippen LogP contribution in [0, 0.1) is 11.8 Å². The zero-order valence-corrected chi connectivity index (χ0v) is 15.7. The van der Waals surface area contributed by atoms with Crippen LogP contribution in [0.5, 0.6) is 0 Å². The van der Waals surface area contributed by atoms with Crippen LogP contribution in [-0.2, 0) is 9.59 Å². The summed E-state index contributed by atoms with van der Waals surface area (Å²) >= 11 is 0. The number of allylic oxidation sites excluding steroid dienone is 1. The van der Waals surface area contributed by atoms with E-state index in [1.54, 1.807) is 4.52 Å². The Labute approximate surface area is 165 Å². The maximum absolute atomic E-state index is 13.0. The van der Waals surface area contributed by atoms with Crippen molar-refractivity contribution in [1.82, 2.24) is 19.9 Å². The number of fused-ring (bicyclic) bond motifs is 1. The van der Waals surface area contributed by atoms with Gasteiger partial charge in [0.2, 0.25) is 17.8 Å². The molecule has 0 radical (unpaired) electrons. The van der Waals surface area contributed by atoms with Gasteiger partial charge in [0, 0.05) is 18.4 Å². The molecule has 9 heteroatoms. The van der Waals surface area contributed by atoms with Gasteiger partial charge in [-0.3, -0.25) is 14.9 Å². The van der Waals surface area contributed by atoms with E-state index >= 15 is 0 Å². The summed E-state index contributed by atoms with van der Waals surface area (Å²) in [6.45, 7) is 0. The molecule has 2 fully saturated rings. The predicted molar refractivity (Wildman–Crippen MR) is 101 cm³/mol. The van der Waals surface area contributed by atoms with E-state index in [2.05, 4.69) is 20.7 Å². The van der Waals surface area contributed by atoms with Gasteiger partial charge in [0.1, 0.15) is 5.92 Å². The van der Waals surface area contributed by atoms with Gasteiger partial charge in [-0.2, -0.15) is 4.98 Å². The SMILES string of the molecule is O=C(Nc1nc2cccc(C3=CC[C@H](NC(=O)[C@H]4CC4(F)F)CC3)n2n1)C1CC1. The first-order chi connectivity index (χ1) is 13.9. The Bertz CT molecular complexity index is 1030. The van der Waals surface area contributed by atoms with Crippen LogP contribution >= 0.6 is 0 Å². The molecule has 3 aliphatic rings. The smallest absolute Gasteiger partial charge is 0.260 e. The summed E-state index contributed by atoms with van der Waals surface area (Å²) in [5, 5.41) is 9.94. The second-order valence-electron chi connectivity index (χ2n) is 8.11. The molecule has 5 rings (SSSR count). The molecule has 0 spiro atoms. The lowest BCUT2D eigenvalue weighted by Crippen LogP contribution is -2.37. The fourth-order valence-electron chi connectivity index (χ4n) is 3.76. The molecule has 0 saturated heterocycles. The van der Waals surface area contributed by atoms with Gasteiger partial charge in [-0.1, -0.05) is 12.1 Å². The van der Waals surface area contributed by atoms with Crippen molar-refractivity contribution < 1.29 is 18.4 Å². The van der Waals surface area contributed by atoms with Crippen molar-refractivity contribution in [2.45, 2.75) is 50.5 Å². The molecule has 29 heavy (non-hydrogen) atoms. The molecule has 0 bridgehead atoms. The molecule has 0 unspecified atom stereocenters. The van der Waals surface area contributed by atoms with Crippen LogP contribution in [-0.4, -0.2) is 38.4 Å². The Morgan fingerprint density at radius 2 is 1.97 bits per heavy atom. The molecule has 2 aromatic heterocycles. The van der Waals surface area contributed by atoms with Crippen LogP contribution in [0.2, 0.25) is 0 Å². The van der Waals surface area contributed by atoms with Crippen molar-refractivity contribution in [3.63, 3.8) is 0 Å². The Morgan fingerprint density at radius 1 is 1.17 bits per heavy atom. The quantitative estimate of drug-likeness (QED) is 0.806. The summed E-state index contributed by atoms with van der Waals surface area (Å²) < 4.78 is 27.8. The number of pyridine rings is 1. The fourth-order valence-corrected chi connectivity index (χ4v) is 3.76. The summed E-state index contributed by atoms with van der Waals surface area (Å²) in [5.74, 6) is -4.23. The van der Waals surface area contributed by atoms with Crippen LogP contribution in [0.25, 0.3) is 11.2 Å². The largest absolute Gasteiger partial charge is 0.353 e. The third kappa shape index (κ3) is 3.61. The zero-order chi connectivity index (χ0) is 20.2. The van der Waals surface area contributed by atoms with Gasteiger partial charge >= 0.3 is 0 Å². The summed E-state index contributed by atoms with van der Waals surface area (Å²) in [6.07, 6.45) is 5.43. The molecule has 2 heterocycles. The Hall–Kier alpha value is -2.84. The van der Waals surface area contributed by atoms with Crippen molar-refractivity contribution in [2.75, 3.05) is 5.32 Å². The van der Waals surface area contributed by atoms with Crippen LogP contribution in [0.15, 0.2) is 24.3 Å². The third-order valence-corrected chi connectivity index (χ3v) is 5.77. The molecule has 2 aromatic rings. The molecule has 152 valence electrons. The minimum absolute atomic E-state index is 0.0424. The van der Waals surface area contributed by atoms with E-state index in [1.165, 1.54) is 0 Å². The molecule has 0 aliphatic heterocycles. The minimum atomic E-state index is -2.84. The molecule has 2 N–H and O–H groups in total. The molecule has 3 aliphatic carbocycles. The minimum Gasteiger partial charge on any atom is -0.353 e. The van der Waals surface area contributed by atoms with Crippen molar-refractivity contribution in [3.8, 4) is 0 Å². The molecule has 2 amide bonds. The van der Waals surface area contributed by atoms with Crippen LogP contribution in [0.1, 0.15) is 44.2 Å². The van der Waals surface area contributed by atoms with Crippen LogP contribution in [0.4, 0.5) is 14.7 Å². The second-order valence-corrected chi connectivity index (χ2v) is 8.11. The molecule has 2 atom stereocenters. The highest BCUT2D eigenvalue weighted by molar-refractivity contribution is 5.92. The van der Waals surface area contributed by atoms with Crippen molar-refractivity contribution in [3.05, 3.63) is 30.0 Å². The average Bonchev–Trinajstić information content (AvgIpc) is 3.59. The van der Waals surface area contributed by atoms with E-state index in [0.29, 0.717) is 30.9 Å². The van der Waals surface area contributed by atoms with E-state index in [9.17, 15) is 18.4 Å². The van der Waals surface area contributed by atoms with Gasteiger partial charge in [-0.25, -0.2) is 13.3 Å². The summed E-state index contributed by atoms with van der Waals surface area (Å²) in [4.78, 5) is 28.2. The standard InChI is InChI=1S/C20H21F2N5O2/c21-20(22)10-14(20)18(29)23-13-8-6-11(7-9-13)15-2-1-3-16-24-19(26-27(15)16)25-17(28)12-4-5-12/h1-3,6,12-14H,4-5,7-10H2,(H,23,29)(H,25,26,28)/t13-,14+/m0/s1. The first kappa shape index (κ1) is 18.2. The maximum Gasteiger partial charge on any atom is 0.260 e. The lowest BCUT2D eigenvalue weighted by molar-refractivity contribution is -0.125. The molecule has 7 nitrogen and oxygen atoms in total. The first-order valence-electron chi connectivity index (χ1n) is 9.95. The summed E-state index contributed by atoms with van der Waals surface area (Å²) in [6, 6.07) is 5.51. The van der Waals surface area contributed by atoms with Gasteiger partial charge in [0.25, 0.3) is 5.92 Å². The third-order valence-electron chi connectivity index (χ3n) is 5.77.